The highest BCUT2D eigenvalue weighted by molar-refractivity contribution is 5.95. The van der Waals surface area contributed by atoms with Crippen LogP contribution < -0.4 is 9.47 Å². The Morgan fingerprint density at radius 3 is 2.17 bits per heavy atom. The minimum absolute atomic E-state index is 0.0279. The van der Waals surface area contributed by atoms with Crippen molar-refractivity contribution in [3.05, 3.63) is 83.4 Å². The number of carbonyl (C=O) groups excluding carboxylic acids is 1. The van der Waals surface area contributed by atoms with Crippen LogP contribution in [-0.4, -0.2) is 31.6 Å². The summed E-state index contributed by atoms with van der Waals surface area (Å²) >= 11 is 0. The van der Waals surface area contributed by atoms with E-state index < -0.39 is 0 Å². The standard InChI is InChI=1S/C25H25NO3/c1-17-22-16-24(29-3)23(28-2)15-21(22)13-14-26(17)25(27)20-11-9-19(10-12-20)18-7-5-4-6-8-18/h4-12,15-17H,13-14H2,1-3H3/t17-/m0/s1. The number of methoxy groups -OCH3 is 2. The molecule has 1 aliphatic heterocycles. The molecule has 0 bridgehead atoms. The molecule has 1 aliphatic rings. The molecule has 0 radical (unpaired) electrons. The third-order valence-corrected chi connectivity index (χ3v) is 5.68. The van der Waals surface area contributed by atoms with Crippen molar-refractivity contribution in [1.82, 2.24) is 4.90 Å². The molecular weight excluding hydrogens is 362 g/mol. The Morgan fingerprint density at radius 1 is 0.897 bits per heavy atom. The second-order valence-corrected chi connectivity index (χ2v) is 7.27. The van der Waals surface area contributed by atoms with E-state index in [-0.39, 0.29) is 11.9 Å². The summed E-state index contributed by atoms with van der Waals surface area (Å²) in [6.07, 6.45) is 0.799. The fourth-order valence-corrected chi connectivity index (χ4v) is 4.02. The number of ether oxygens (including phenoxy) is 2. The Balaban J connectivity index is 1.58. The molecule has 0 unspecified atom stereocenters. The molecule has 0 fully saturated rings. The zero-order valence-electron chi connectivity index (χ0n) is 17.0. The van der Waals surface area contributed by atoms with Gasteiger partial charge in [0, 0.05) is 12.1 Å². The lowest BCUT2D eigenvalue weighted by atomic mass is 9.92. The van der Waals surface area contributed by atoms with Crippen LogP contribution in [0.3, 0.4) is 0 Å². The van der Waals surface area contributed by atoms with Crippen LogP contribution in [0, 0.1) is 0 Å². The van der Waals surface area contributed by atoms with E-state index >= 15 is 0 Å². The molecule has 0 spiro atoms. The highest BCUT2D eigenvalue weighted by atomic mass is 16.5. The number of carbonyl (C=O) groups is 1. The molecule has 3 aromatic rings. The first-order valence-corrected chi connectivity index (χ1v) is 9.83. The van der Waals surface area contributed by atoms with Crippen molar-refractivity contribution in [2.24, 2.45) is 0 Å². The first-order valence-electron chi connectivity index (χ1n) is 9.83. The lowest BCUT2D eigenvalue weighted by molar-refractivity contribution is 0.0677. The van der Waals surface area contributed by atoms with Crippen molar-refractivity contribution in [3.63, 3.8) is 0 Å². The molecule has 4 nitrogen and oxygen atoms in total. The van der Waals surface area contributed by atoms with E-state index in [4.69, 9.17) is 9.47 Å². The second-order valence-electron chi connectivity index (χ2n) is 7.27. The van der Waals surface area contributed by atoms with E-state index in [0.29, 0.717) is 17.9 Å². The van der Waals surface area contributed by atoms with Crippen LogP contribution in [0.1, 0.15) is 34.5 Å². The molecule has 29 heavy (non-hydrogen) atoms. The summed E-state index contributed by atoms with van der Waals surface area (Å²) in [6.45, 7) is 2.75. The van der Waals surface area contributed by atoms with Crippen LogP contribution in [-0.2, 0) is 6.42 Å². The predicted molar refractivity (Wildman–Crippen MR) is 115 cm³/mol. The average molecular weight is 387 g/mol. The second kappa shape index (κ2) is 8.00. The quantitative estimate of drug-likeness (QED) is 0.623. The Hall–Kier alpha value is -3.27. The maximum Gasteiger partial charge on any atom is 0.254 e. The minimum Gasteiger partial charge on any atom is -0.493 e. The van der Waals surface area contributed by atoms with Gasteiger partial charge in [0.15, 0.2) is 11.5 Å². The van der Waals surface area contributed by atoms with E-state index in [1.165, 1.54) is 5.56 Å². The molecule has 4 heteroatoms. The molecule has 0 aromatic heterocycles. The number of rotatable bonds is 4. The van der Waals surface area contributed by atoms with Crippen molar-refractivity contribution < 1.29 is 14.3 Å². The Morgan fingerprint density at radius 2 is 1.52 bits per heavy atom. The van der Waals surface area contributed by atoms with Crippen LogP contribution in [0.15, 0.2) is 66.7 Å². The monoisotopic (exact) mass is 387 g/mol. The van der Waals surface area contributed by atoms with E-state index in [0.717, 1.165) is 28.9 Å². The van der Waals surface area contributed by atoms with Crippen LogP contribution in [0.5, 0.6) is 11.5 Å². The topological polar surface area (TPSA) is 38.8 Å². The number of hydrogen-bond donors (Lipinski definition) is 0. The molecular formula is C25H25NO3. The maximum atomic E-state index is 13.2. The zero-order valence-corrected chi connectivity index (χ0v) is 17.0. The first-order chi connectivity index (χ1) is 14.1. The van der Waals surface area contributed by atoms with Gasteiger partial charge in [0.2, 0.25) is 0 Å². The third-order valence-electron chi connectivity index (χ3n) is 5.68. The molecule has 1 amide bonds. The first kappa shape index (κ1) is 19.1. The Labute approximate surface area is 171 Å². The summed E-state index contributed by atoms with van der Waals surface area (Å²) in [4.78, 5) is 15.2. The van der Waals surface area contributed by atoms with Crippen molar-refractivity contribution in [3.8, 4) is 22.6 Å². The van der Waals surface area contributed by atoms with Gasteiger partial charge in [-0.2, -0.15) is 0 Å². The fraction of sp³-hybridized carbons (Fsp3) is 0.240. The summed E-state index contributed by atoms with van der Waals surface area (Å²) < 4.78 is 10.9. The van der Waals surface area contributed by atoms with E-state index in [2.05, 4.69) is 19.1 Å². The fourth-order valence-electron chi connectivity index (χ4n) is 4.02. The SMILES string of the molecule is COc1cc2c(cc1OC)[C@H](C)N(C(=O)c1ccc(-c3ccccc3)cc1)CC2. The summed E-state index contributed by atoms with van der Waals surface area (Å²) in [7, 11) is 3.28. The van der Waals surface area contributed by atoms with Gasteiger partial charge in [-0.3, -0.25) is 4.79 Å². The highest BCUT2D eigenvalue weighted by Crippen LogP contribution is 2.38. The lowest BCUT2D eigenvalue weighted by Crippen LogP contribution is -2.38. The summed E-state index contributed by atoms with van der Waals surface area (Å²) in [5.74, 6) is 1.48. The molecule has 0 aliphatic carbocycles. The number of hydrogen-bond acceptors (Lipinski definition) is 3. The summed E-state index contributed by atoms with van der Waals surface area (Å²) in [5.41, 5.74) is 5.28. The highest BCUT2D eigenvalue weighted by Gasteiger charge is 2.29. The van der Waals surface area contributed by atoms with Gasteiger partial charge in [0.1, 0.15) is 0 Å². The van der Waals surface area contributed by atoms with Crippen molar-refractivity contribution in [1.29, 1.82) is 0 Å². The Kier molecular flexibility index (Phi) is 5.26. The maximum absolute atomic E-state index is 13.2. The van der Waals surface area contributed by atoms with Gasteiger partial charge < -0.3 is 14.4 Å². The lowest BCUT2D eigenvalue weighted by Gasteiger charge is -2.36. The van der Waals surface area contributed by atoms with Gasteiger partial charge in [-0.1, -0.05) is 42.5 Å². The van der Waals surface area contributed by atoms with E-state index in [1.807, 2.05) is 59.5 Å². The molecule has 3 aromatic carbocycles. The zero-order chi connectivity index (χ0) is 20.4. The normalized spacial score (nSPS) is 15.6. The van der Waals surface area contributed by atoms with Crippen molar-refractivity contribution in [2.45, 2.75) is 19.4 Å². The number of amides is 1. The van der Waals surface area contributed by atoms with Gasteiger partial charge in [-0.25, -0.2) is 0 Å². The van der Waals surface area contributed by atoms with Gasteiger partial charge in [-0.15, -0.1) is 0 Å². The molecule has 0 saturated heterocycles. The molecule has 0 saturated carbocycles. The number of benzene rings is 3. The molecule has 1 atom stereocenters. The summed E-state index contributed by atoms with van der Waals surface area (Å²) in [5, 5.41) is 0. The van der Waals surface area contributed by atoms with Crippen LogP contribution in [0.25, 0.3) is 11.1 Å². The van der Waals surface area contributed by atoms with Gasteiger partial charge >= 0.3 is 0 Å². The molecule has 0 N–H and O–H groups in total. The number of fused-ring (bicyclic) bond motifs is 1. The minimum atomic E-state index is -0.0279. The molecule has 4 rings (SSSR count). The molecule has 148 valence electrons. The number of nitrogens with zero attached hydrogens (tertiary/aromatic N) is 1. The van der Waals surface area contributed by atoms with E-state index in [1.54, 1.807) is 14.2 Å². The smallest absolute Gasteiger partial charge is 0.254 e. The average Bonchev–Trinajstić information content (AvgIpc) is 2.79. The summed E-state index contributed by atoms with van der Waals surface area (Å²) in [6, 6.07) is 22.0. The largest absolute Gasteiger partial charge is 0.493 e. The van der Waals surface area contributed by atoms with Crippen molar-refractivity contribution >= 4 is 5.91 Å². The Bertz CT molecular complexity index is 1010. The third kappa shape index (κ3) is 3.58. The van der Waals surface area contributed by atoms with Gasteiger partial charge in [0.05, 0.1) is 20.3 Å². The van der Waals surface area contributed by atoms with Crippen LogP contribution in [0.2, 0.25) is 0 Å². The predicted octanol–water partition coefficient (Wildman–Crippen LogP) is 5.13. The van der Waals surface area contributed by atoms with E-state index in [9.17, 15) is 4.79 Å². The van der Waals surface area contributed by atoms with Gasteiger partial charge in [0.25, 0.3) is 5.91 Å². The van der Waals surface area contributed by atoms with Crippen LogP contribution >= 0.6 is 0 Å². The molecule has 1 heterocycles. The van der Waals surface area contributed by atoms with Crippen LogP contribution in [0.4, 0.5) is 0 Å². The van der Waals surface area contributed by atoms with Gasteiger partial charge in [-0.05, 0) is 59.9 Å². The van der Waals surface area contributed by atoms with Crippen molar-refractivity contribution in [2.75, 3.05) is 20.8 Å².